The molecule has 0 fully saturated rings. The summed E-state index contributed by atoms with van der Waals surface area (Å²) in [5.41, 5.74) is 1.56. The van der Waals surface area contributed by atoms with Crippen molar-refractivity contribution in [3.05, 3.63) is 51.3 Å². The van der Waals surface area contributed by atoms with Gasteiger partial charge in [-0.25, -0.2) is 9.25 Å². The van der Waals surface area contributed by atoms with Gasteiger partial charge < -0.3 is 0 Å². The minimum Gasteiger partial charge on any atom is -0.236 e. The molecule has 2 heterocycles. The predicted octanol–water partition coefficient (Wildman–Crippen LogP) is 3.92. The summed E-state index contributed by atoms with van der Waals surface area (Å²) in [6.45, 7) is 0. The van der Waals surface area contributed by atoms with E-state index in [9.17, 15) is 0 Å². The maximum Gasteiger partial charge on any atom is 0.185 e. The number of nitrogens with zero attached hydrogens (tertiary/aromatic N) is 3. The summed E-state index contributed by atoms with van der Waals surface area (Å²) in [5.74, 6) is 0. The number of fused-ring (bicyclic) bond motifs is 1. The van der Waals surface area contributed by atoms with Crippen molar-refractivity contribution in [2.24, 2.45) is 7.05 Å². The number of aromatic nitrogens is 3. The van der Waals surface area contributed by atoms with Crippen molar-refractivity contribution in [3.8, 4) is 5.69 Å². The van der Waals surface area contributed by atoms with Crippen molar-refractivity contribution in [1.29, 1.82) is 0 Å². The molecule has 0 aliphatic carbocycles. The second kappa shape index (κ2) is 4.78. The maximum atomic E-state index is 6.20. The van der Waals surface area contributed by atoms with Gasteiger partial charge in [0.05, 0.1) is 15.4 Å². The van der Waals surface area contributed by atoms with E-state index < -0.39 is 0 Å². The van der Waals surface area contributed by atoms with Gasteiger partial charge in [0.2, 0.25) is 0 Å². The predicted molar refractivity (Wildman–Crippen MR) is 80.0 cm³/mol. The third-order valence-electron chi connectivity index (χ3n) is 2.80. The van der Waals surface area contributed by atoms with Crippen LogP contribution in [0.3, 0.4) is 0 Å². The molecule has 0 saturated heterocycles. The first-order valence-corrected chi connectivity index (χ1v) is 7.09. The minimum absolute atomic E-state index is 0.570. The van der Waals surface area contributed by atoms with E-state index in [1.54, 1.807) is 16.8 Å². The second-order valence-corrected chi connectivity index (χ2v) is 5.89. The van der Waals surface area contributed by atoms with Crippen molar-refractivity contribution in [3.63, 3.8) is 0 Å². The van der Waals surface area contributed by atoms with Crippen molar-refractivity contribution in [1.82, 2.24) is 9.78 Å². The van der Waals surface area contributed by atoms with Crippen LogP contribution in [0.4, 0.5) is 0 Å². The monoisotopic (exact) mass is 356 g/mol. The Hall–Kier alpha value is -1.10. The van der Waals surface area contributed by atoms with Gasteiger partial charge in [-0.3, -0.25) is 0 Å². The van der Waals surface area contributed by atoms with Crippen LogP contribution in [-0.4, -0.2) is 9.78 Å². The second-order valence-electron chi connectivity index (χ2n) is 4.22. The highest BCUT2D eigenvalue weighted by atomic mass is 79.9. The average Bonchev–Trinajstić information content (AvgIpc) is 2.72. The largest absolute Gasteiger partial charge is 0.236 e. The van der Waals surface area contributed by atoms with Crippen LogP contribution in [-0.2, 0) is 7.05 Å². The zero-order valence-corrected chi connectivity index (χ0v) is 13.0. The number of hydrogen-bond donors (Lipinski definition) is 0. The first-order chi connectivity index (χ1) is 9.06. The van der Waals surface area contributed by atoms with Crippen molar-refractivity contribution in [2.45, 2.75) is 0 Å². The van der Waals surface area contributed by atoms with Crippen LogP contribution in [0.2, 0.25) is 10.0 Å². The Kier molecular flexibility index (Phi) is 3.25. The lowest BCUT2D eigenvalue weighted by atomic mass is 10.3. The molecule has 0 N–H and O–H groups in total. The molecule has 0 radical (unpaired) electrons. The van der Waals surface area contributed by atoms with Gasteiger partial charge in [-0.15, -0.1) is 0 Å². The molecule has 0 atom stereocenters. The lowest BCUT2D eigenvalue weighted by Crippen LogP contribution is -2.26. The Morgan fingerprint density at radius 1 is 1.21 bits per heavy atom. The third-order valence-corrected chi connectivity index (χ3v) is 3.99. The number of rotatable bonds is 1. The topological polar surface area (TPSA) is 21.7 Å². The molecular formula is C13H9BrCl2N3+. The third kappa shape index (κ3) is 2.24. The van der Waals surface area contributed by atoms with Gasteiger partial charge in [0.25, 0.3) is 0 Å². The van der Waals surface area contributed by atoms with Gasteiger partial charge in [0.15, 0.2) is 12.4 Å². The van der Waals surface area contributed by atoms with Crippen LogP contribution in [0.5, 0.6) is 0 Å². The van der Waals surface area contributed by atoms with E-state index in [0.29, 0.717) is 15.7 Å². The van der Waals surface area contributed by atoms with Gasteiger partial charge in [0, 0.05) is 6.20 Å². The maximum absolute atomic E-state index is 6.20. The van der Waals surface area contributed by atoms with E-state index in [-0.39, 0.29) is 0 Å². The Labute approximate surface area is 128 Å². The lowest BCUT2D eigenvalue weighted by Gasteiger charge is -2.05. The summed E-state index contributed by atoms with van der Waals surface area (Å²) in [7, 11) is 1.96. The molecule has 0 bridgehead atoms. The van der Waals surface area contributed by atoms with Gasteiger partial charge in [-0.05, 0) is 28.1 Å². The molecule has 19 heavy (non-hydrogen) atoms. The van der Waals surface area contributed by atoms with E-state index >= 15 is 0 Å². The Balaban J connectivity index is 2.30. The molecule has 96 valence electrons. The molecule has 0 unspecified atom stereocenters. The summed E-state index contributed by atoms with van der Waals surface area (Å²) < 4.78 is 4.60. The molecule has 0 saturated carbocycles. The normalized spacial score (nSPS) is 11.2. The number of aryl methyl sites for hydroxylation is 1. The van der Waals surface area contributed by atoms with E-state index in [1.165, 1.54) is 0 Å². The molecule has 3 aromatic rings. The van der Waals surface area contributed by atoms with Gasteiger partial charge in [0.1, 0.15) is 22.7 Å². The Morgan fingerprint density at radius 3 is 2.58 bits per heavy atom. The minimum atomic E-state index is 0.570. The number of benzene rings is 1. The molecule has 0 spiro atoms. The van der Waals surface area contributed by atoms with Crippen molar-refractivity contribution >= 4 is 50.0 Å². The molecule has 6 heteroatoms. The van der Waals surface area contributed by atoms with Crippen LogP contribution in [0, 0.1) is 0 Å². The van der Waals surface area contributed by atoms with Crippen LogP contribution < -0.4 is 4.57 Å². The fourth-order valence-corrected chi connectivity index (χ4v) is 3.19. The molecular weight excluding hydrogens is 349 g/mol. The van der Waals surface area contributed by atoms with Crippen molar-refractivity contribution in [2.75, 3.05) is 0 Å². The molecule has 1 aromatic carbocycles. The summed E-state index contributed by atoms with van der Waals surface area (Å²) in [5, 5.41) is 6.68. The van der Waals surface area contributed by atoms with Gasteiger partial charge in [-0.1, -0.05) is 29.3 Å². The molecule has 2 aromatic heterocycles. The highest BCUT2D eigenvalue weighted by Crippen LogP contribution is 2.30. The number of halogens is 3. The quantitative estimate of drug-likeness (QED) is 0.605. The van der Waals surface area contributed by atoms with Crippen LogP contribution in [0.1, 0.15) is 0 Å². The molecule has 0 aliphatic rings. The SMILES string of the molecule is C[n+]1cc(Br)c2nn(-c3c(Cl)cccc3Cl)cc2c1. The average molecular weight is 358 g/mol. The molecule has 3 rings (SSSR count). The lowest BCUT2D eigenvalue weighted by molar-refractivity contribution is -0.670. The van der Waals surface area contributed by atoms with E-state index in [4.69, 9.17) is 23.2 Å². The fraction of sp³-hybridized carbons (Fsp3) is 0.0769. The zero-order chi connectivity index (χ0) is 13.6. The highest BCUT2D eigenvalue weighted by molar-refractivity contribution is 9.10. The molecule has 0 aliphatic heterocycles. The smallest absolute Gasteiger partial charge is 0.185 e. The van der Waals surface area contributed by atoms with Crippen molar-refractivity contribution < 1.29 is 4.57 Å². The molecule has 0 amide bonds. The van der Waals surface area contributed by atoms with E-state index in [2.05, 4.69) is 21.0 Å². The number of hydrogen-bond acceptors (Lipinski definition) is 1. The summed E-state index contributed by atoms with van der Waals surface area (Å²) in [6, 6.07) is 5.40. The van der Waals surface area contributed by atoms with Crippen LogP contribution in [0.15, 0.2) is 41.3 Å². The first kappa shape index (κ1) is 12.9. The summed E-state index contributed by atoms with van der Waals surface area (Å²) in [6.07, 6.45) is 5.86. The number of para-hydroxylation sites is 1. The van der Waals surface area contributed by atoms with Crippen LogP contribution in [0.25, 0.3) is 16.6 Å². The summed E-state index contributed by atoms with van der Waals surface area (Å²) >= 11 is 15.9. The first-order valence-electron chi connectivity index (χ1n) is 5.55. The Bertz CT molecular complexity index is 763. The number of pyridine rings is 1. The van der Waals surface area contributed by atoms with E-state index in [1.807, 2.05) is 36.3 Å². The highest BCUT2D eigenvalue weighted by Gasteiger charge is 2.14. The zero-order valence-electron chi connectivity index (χ0n) is 9.94. The molecule has 3 nitrogen and oxygen atoms in total. The summed E-state index contributed by atoms with van der Waals surface area (Å²) in [4.78, 5) is 0. The van der Waals surface area contributed by atoms with E-state index in [0.717, 1.165) is 15.4 Å². The standard InChI is InChI=1S/C13H9BrCl2N3/c1-18-5-8-6-19(17-12(8)9(14)7-18)13-10(15)3-2-4-11(13)16/h2-7H,1H3/q+1. The van der Waals surface area contributed by atoms with Gasteiger partial charge >= 0.3 is 0 Å². The fourth-order valence-electron chi connectivity index (χ4n) is 1.99. The van der Waals surface area contributed by atoms with Crippen LogP contribution >= 0.6 is 39.1 Å². The van der Waals surface area contributed by atoms with Gasteiger partial charge in [-0.2, -0.15) is 5.10 Å². The Morgan fingerprint density at radius 2 is 1.89 bits per heavy atom.